The lowest BCUT2D eigenvalue weighted by Crippen LogP contribution is -2.12. The second kappa shape index (κ2) is 6.13. The smallest absolute Gasteiger partial charge is 0.524 e. The standard InChI is InChI=1S/C12H10BCl2N2O2/c1-7-3-16-5-9(11(7)14)18-13-19-10-6-17-4-8(2)12(10)15/h3-6H,1-2H3. The van der Waals surface area contributed by atoms with Crippen LogP contribution in [0.25, 0.3) is 0 Å². The lowest BCUT2D eigenvalue weighted by molar-refractivity contribution is 0.456. The van der Waals surface area contributed by atoms with E-state index in [1.165, 1.54) is 12.4 Å². The summed E-state index contributed by atoms with van der Waals surface area (Å²) in [5.41, 5.74) is 1.64. The Balaban J connectivity index is 2.00. The summed E-state index contributed by atoms with van der Waals surface area (Å²) < 4.78 is 10.6. The second-order valence-corrected chi connectivity index (χ2v) is 4.62. The highest BCUT2D eigenvalue weighted by atomic mass is 35.5. The zero-order chi connectivity index (χ0) is 13.8. The number of aryl methyl sites for hydroxylation is 2. The zero-order valence-corrected chi connectivity index (χ0v) is 11.9. The van der Waals surface area contributed by atoms with Crippen LogP contribution in [0, 0.1) is 13.8 Å². The summed E-state index contributed by atoms with van der Waals surface area (Å²) in [5, 5.41) is 0.978. The van der Waals surface area contributed by atoms with Crippen molar-refractivity contribution < 1.29 is 9.31 Å². The van der Waals surface area contributed by atoms with E-state index in [1.54, 1.807) is 12.4 Å². The molecule has 2 heterocycles. The summed E-state index contributed by atoms with van der Waals surface area (Å²) in [7, 11) is 1.14. The van der Waals surface area contributed by atoms with Crippen molar-refractivity contribution in [3.05, 3.63) is 46.0 Å². The van der Waals surface area contributed by atoms with Crippen LogP contribution in [0.2, 0.25) is 10.0 Å². The highest BCUT2D eigenvalue weighted by Gasteiger charge is 2.10. The van der Waals surface area contributed by atoms with E-state index in [9.17, 15) is 0 Å². The van der Waals surface area contributed by atoms with Crippen LogP contribution in [-0.2, 0) is 0 Å². The molecule has 1 radical (unpaired) electrons. The van der Waals surface area contributed by atoms with Crippen molar-refractivity contribution in [2.24, 2.45) is 0 Å². The van der Waals surface area contributed by atoms with Crippen LogP contribution in [0.5, 0.6) is 11.5 Å². The van der Waals surface area contributed by atoms with Gasteiger partial charge in [-0.25, -0.2) is 0 Å². The predicted octanol–water partition coefficient (Wildman–Crippen LogP) is 3.39. The van der Waals surface area contributed by atoms with Gasteiger partial charge in [0.05, 0.1) is 22.4 Å². The van der Waals surface area contributed by atoms with E-state index >= 15 is 0 Å². The molecule has 2 aromatic rings. The fourth-order valence-electron chi connectivity index (χ4n) is 1.34. The van der Waals surface area contributed by atoms with Gasteiger partial charge >= 0.3 is 7.69 Å². The third-order valence-electron chi connectivity index (χ3n) is 2.40. The number of hydrogen-bond acceptors (Lipinski definition) is 4. The average Bonchev–Trinajstić information content (AvgIpc) is 2.39. The monoisotopic (exact) mass is 295 g/mol. The minimum Gasteiger partial charge on any atom is -0.524 e. The Kier molecular flexibility index (Phi) is 4.50. The minimum atomic E-state index is 0.415. The van der Waals surface area contributed by atoms with Gasteiger partial charge in [0.25, 0.3) is 0 Å². The van der Waals surface area contributed by atoms with Crippen LogP contribution in [0.3, 0.4) is 0 Å². The van der Waals surface area contributed by atoms with Crippen molar-refractivity contribution in [2.45, 2.75) is 13.8 Å². The van der Waals surface area contributed by atoms with Gasteiger partial charge in [-0.15, -0.1) is 0 Å². The molecule has 2 rings (SSSR count). The van der Waals surface area contributed by atoms with E-state index in [4.69, 9.17) is 32.5 Å². The first kappa shape index (κ1) is 14.0. The average molecular weight is 296 g/mol. The van der Waals surface area contributed by atoms with Crippen molar-refractivity contribution in [3.63, 3.8) is 0 Å². The number of aromatic nitrogens is 2. The molecule has 0 atom stereocenters. The Labute approximate surface area is 122 Å². The molecular weight excluding hydrogens is 286 g/mol. The van der Waals surface area contributed by atoms with Crippen molar-refractivity contribution in [1.82, 2.24) is 9.97 Å². The van der Waals surface area contributed by atoms with Crippen molar-refractivity contribution in [2.75, 3.05) is 0 Å². The maximum atomic E-state index is 6.05. The first-order chi connectivity index (χ1) is 9.09. The van der Waals surface area contributed by atoms with Gasteiger partial charge in [-0.2, -0.15) is 0 Å². The van der Waals surface area contributed by atoms with E-state index < -0.39 is 0 Å². The fraction of sp³-hybridized carbons (Fsp3) is 0.167. The first-order valence-corrected chi connectivity index (χ1v) is 6.20. The van der Waals surface area contributed by atoms with E-state index in [-0.39, 0.29) is 0 Å². The maximum Gasteiger partial charge on any atom is 0.658 e. The molecule has 0 fully saturated rings. The number of nitrogens with zero attached hydrogens (tertiary/aromatic N) is 2. The van der Waals surface area contributed by atoms with E-state index in [1.807, 2.05) is 13.8 Å². The summed E-state index contributed by atoms with van der Waals surface area (Å²) in [4.78, 5) is 7.96. The Bertz CT molecular complexity index is 544. The molecule has 0 saturated heterocycles. The highest BCUT2D eigenvalue weighted by molar-refractivity contribution is 6.34. The summed E-state index contributed by atoms with van der Waals surface area (Å²) in [6, 6.07) is 0. The normalized spacial score (nSPS) is 10.1. The van der Waals surface area contributed by atoms with Gasteiger partial charge in [-0.3, -0.25) is 9.97 Å². The Hall–Kier alpha value is -1.46. The largest absolute Gasteiger partial charge is 0.658 e. The zero-order valence-electron chi connectivity index (χ0n) is 10.4. The van der Waals surface area contributed by atoms with Gasteiger partial charge in [-0.05, 0) is 25.0 Å². The minimum absolute atomic E-state index is 0.415. The van der Waals surface area contributed by atoms with Gasteiger partial charge in [0.2, 0.25) is 0 Å². The molecule has 0 aliphatic rings. The van der Waals surface area contributed by atoms with Crippen molar-refractivity contribution in [3.8, 4) is 11.5 Å². The Morgan fingerprint density at radius 1 is 0.842 bits per heavy atom. The summed E-state index contributed by atoms with van der Waals surface area (Å²) >= 11 is 12.1. The van der Waals surface area contributed by atoms with E-state index in [2.05, 4.69) is 9.97 Å². The SMILES string of the molecule is Cc1cncc(O[B]Oc2cncc(C)c2Cl)c1Cl. The van der Waals surface area contributed by atoms with Crippen molar-refractivity contribution >= 4 is 30.9 Å². The molecule has 4 nitrogen and oxygen atoms in total. The van der Waals surface area contributed by atoms with Gasteiger partial charge < -0.3 is 9.31 Å². The molecule has 0 spiro atoms. The lowest BCUT2D eigenvalue weighted by atomic mass is 10.2. The molecule has 19 heavy (non-hydrogen) atoms. The van der Waals surface area contributed by atoms with Crippen molar-refractivity contribution in [1.29, 1.82) is 0 Å². The van der Waals surface area contributed by atoms with Crippen LogP contribution in [0.4, 0.5) is 0 Å². The molecule has 0 bridgehead atoms. The molecule has 0 aliphatic carbocycles. The topological polar surface area (TPSA) is 44.2 Å². The molecule has 0 N–H and O–H groups in total. The van der Waals surface area contributed by atoms with Gasteiger partial charge in [0, 0.05) is 12.4 Å². The maximum absolute atomic E-state index is 6.05. The summed E-state index contributed by atoms with van der Waals surface area (Å²) in [6.45, 7) is 3.68. The number of pyridine rings is 2. The van der Waals surface area contributed by atoms with Crippen LogP contribution in [-0.4, -0.2) is 17.7 Å². The molecule has 0 aliphatic heterocycles. The molecule has 2 aromatic heterocycles. The number of halogens is 2. The van der Waals surface area contributed by atoms with E-state index in [0.717, 1.165) is 18.8 Å². The van der Waals surface area contributed by atoms with Crippen LogP contribution < -0.4 is 9.31 Å². The highest BCUT2D eigenvalue weighted by Crippen LogP contribution is 2.28. The number of rotatable bonds is 4. The third-order valence-corrected chi connectivity index (χ3v) is 3.36. The Morgan fingerprint density at radius 2 is 1.26 bits per heavy atom. The lowest BCUT2D eigenvalue weighted by Gasteiger charge is -2.10. The molecule has 0 unspecified atom stereocenters. The quantitative estimate of drug-likeness (QED) is 0.811. The van der Waals surface area contributed by atoms with Crippen LogP contribution >= 0.6 is 23.2 Å². The van der Waals surface area contributed by atoms with Crippen LogP contribution in [0.15, 0.2) is 24.8 Å². The predicted molar refractivity (Wildman–Crippen MR) is 75.0 cm³/mol. The number of hydrogen-bond donors (Lipinski definition) is 0. The summed E-state index contributed by atoms with van der Waals surface area (Å²) in [6.07, 6.45) is 6.31. The molecular formula is C12H10BCl2N2O2. The van der Waals surface area contributed by atoms with Gasteiger partial charge in [0.1, 0.15) is 11.5 Å². The first-order valence-electron chi connectivity index (χ1n) is 5.45. The summed E-state index contributed by atoms with van der Waals surface area (Å²) in [5.74, 6) is 0.830. The fourth-order valence-corrected chi connectivity index (χ4v) is 1.63. The van der Waals surface area contributed by atoms with Gasteiger partial charge in [0.15, 0.2) is 0 Å². The van der Waals surface area contributed by atoms with Crippen LogP contribution in [0.1, 0.15) is 11.1 Å². The second-order valence-electron chi connectivity index (χ2n) is 3.87. The van der Waals surface area contributed by atoms with Gasteiger partial charge in [-0.1, -0.05) is 23.2 Å². The molecule has 0 saturated carbocycles. The molecule has 0 aromatic carbocycles. The molecule has 7 heteroatoms. The molecule has 0 amide bonds. The third kappa shape index (κ3) is 3.30. The van der Waals surface area contributed by atoms with E-state index in [0.29, 0.717) is 21.5 Å². The molecule has 97 valence electrons. The Morgan fingerprint density at radius 3 is 1.68 bits per heavy atom.